The summed E-state index contributed by atoms with van der Waals surface area (Å²) >= 11 is 0. The molecule has 0 aliphatic carbocycles. The van der Waals surface area contributed by atoms with Crippen molar-refractivity contribution in [3.8, 4) is 6.07 Å². The first-order valence-corrected chi connectivity index (χ1v) is 7.18. The third-order valence-corrected chi connectivity index (χ3v) is 3.65. The molecule has 3 heteroatoms. The number of benzene rings is 2. The lowest BCUT2D eigenvalue weighted by Crippen LogP contribution is -2.37. The average Bonchev–Trinajstić information content (AvgIpc) is 2.55. The molecule has 21 heavy (non-hydrogen) atoms. The summed E-state index contributed by atoms with van der Waals surface area (Å²) in [6, 6.07) is 20.7. The number of hydrogen-bond acceptors (Lipinski definition) is 3. The number of nitrogens with zero attached hydrogens (tertiary/aromatic N) is 2. The molecule has 0 heterocycles. The molecule has 1 unspecified atom stereocenters. The minimum Gasteiger partial charge on any atom is -0.371 e. The monoisotopic (exact) mass is 279 g/mol. The van der Waals surface area contributed by atoms with Crippen LogP contribution in [0.4, 0.5) is 5.69 Å². The van der Waals surface area contributed by atoms with E-state index < -0.39 is 0 Å². The molecule has 0 fully saturated rings. The standard InChI is InChI=1S/C18H21N3/c1-15(21(2)18-9-4-3-5-10-18)13-20-14-17-8-6-7-16(11-17)12-19/h3-11,15,20H,13-14H2,1-2H3. The molecule has 2 aromatic carbocycles. The van der Waals surface area contributed by atoms with Crippen molar-refractivity contribution >= 4 is 5.69 Å². The second-order valence-corrected chi connectivity index (χ2v) is 5.24. The molecule has 0 bridgehead atoms. The van der Waals surface area contributed by atoms with Gasteiger partial charge in [-0.3, -0.25) is 0 Å². The zero-order chi connectivity index (χ0) is 15.1. The van der Waals surface area contributed by atoms with Crippen molar-refractivity contribution < 1.29 is 0 Å². The molecule has 0 spiro atoms. The molecule has 0 aromatic heterocycles. The summed E-state index contributed by atoms with van der Waals surface area (Å²) in [4.78, 5) is 2.26. The zero-order valence-electron chi connectivity index (χ0n) is 12.6. The van der Waals surface area contributed by atoms with Crippen molar-refractivity contribution in [1.29, 1.82) is 5.26 Å². The predicted molar refractivity (Wildman–Crippen MR) is 87.2 cm³/mol. The Bertz CT molecular complexity index is 601. The van der Waals surface area contributed by atoms with E-state index in [0.29, 0.717) is 11.6 Å². The summed E-state index contributed by atoms with van der Waals surface area (Å²) < 4.78 is 0. The highest BCUT2D eigenvalue weighted by atomic mass is 15.1. The van der Waals surface area contributed by atoms with Crippen LogP contribution in [0.15, 0.2) is 54.6 Å². The largest absolute Gasteiger partial charge is 0.371 e. The lowest BCUT2D eigenvalue weighted by Gasteiger charge is -2.27. The molecule has 2 rings (SSSR count). The van der Waals surface area contributed by atoms with Gasteiger partial charge in [0.15, 0.2) is 0 Å². The van der Waals surface area contributed by atoms with Crippen LogP contribution in [0.1, 0.15) is 18.1 Å². The topological polar surface area (TPSA) is 39.1 Å². The van der Waals surface area contributed by atoms with E-state index in [4.69, 9.17) is 5.26 Å². The number of nitrogens with one attached hydrogen (secondary N) is 1. The Hall–Kier alpha value is -2.31. The van der Waals surface area contributed by atoms with Crippen molar-refractivity contribution in [2.45, 2.75) is 19.5 Å². The van der Waals surface area contributed by atoms with E-state index >= 15 is 0 Å². The maximum absolute atomic E-state index is 8.90. The number of likely N-dealkylation sites (N-methyl/N-ethyl adjacent to an activating group) is 1. The Labute approximate surface area is 126 Å². The number of nitriles is 1. The van der Waals surface area contributed by atoms with Crippen molar-refractivity contribution in [2.75, 3.05) is 18.5 Å². The molecule has 1 atom stereocenters. The molecule has 0 aliphatic heterocycles. The second kappa shape index (κ2) is 7.47. The smallest absolute Gasteiger partial charge is 0.0991 e. The highest BCUT2D eigenvalue weighted by Gasteiger charge is 2.09. The Morgan fingerprint density at radius 1 is 1.14 bits per heavy atom. The van der Waals surface area contributed by atoms with E-state index in [-0.39, 0.29) is 0 Å². The van der Waals surface area contributed by atoms with Gasteiger partial charge >= 0.3 is 0 Å². The van der Waals surface area contributed by atoms with Gasteiger partial charge in [-0.15, -0.1) is 0 Å². The molecule has 108 valence electrons. The van der Waals surface area contributed by atoms with Gasteiger partial charge in [0.2, 0.25) is 0 Å². The third-order valence-electron chi connectivity index (χ3n) is 3.65. The lowest BCUT2D eigenvalue weighted by molar-refractivity contribution is 0.585. The van der Waals surface area contributed by atoms with Crippen LogP contribution < -0.4 is 10.2 Å². The molecule has 1 N–H and O–H groups in total. The summed E-state index contributed by atoms with van der Waals surface area (Å²) in [6.07, 6.45) is 0. The van der Waals surface area contributed by atoms with Gasteiger partial charge in [0.25, 0.3) is 0 Å². The third kappa shape index (κ3) is 4.34. The van der Waals surface area contributed by atoms with Gasteiger partial charge < -0.3 is 10.2 Å². The molecular weight excluding hydrogens is 258 g/mol. The number of hydrogen-bond donors (Lipinski definition) is 1. The Balaban J connectivity index is 1.84. The van der Waals surface area contributed by atoms with E-state index in [1.165, 1.54) is 5.69 Å². The van der Waals surface area contributed by atoms with Crippen LogP contribution in [0, 0.1) is 11.3 Å². The minimum absolute atomic E-state index is 0.395. The molecule has 0 amide bonds. The van der Waals surface area contributed by atoms with Crippen molar-refractivity contribution in [1.82, 2.24) is 5.32 Å². The molecule has 2 aromatic rings. The van der Waals surface area contributed by atoms with Gasteiger partial charge in [0.1, 0.15) is 0 Å². The maximum atomic E-state index is 8.90. The van der Waals surface area contributed by atoms with Crippen molar-refractivity contribution in [3.63, 3.8) is 0 Å². The van der Waals surface area contributed by atoms with E-state index in [9.17, 15) is 0 Å². The number of rotatable bonds is 6. The number of anilines is 1. The van der Waals surface area contributed by atoms with Gasteiger partial charge in [-0.2, -0.15) is 5.26 Å². The predicted octanol–water partition coefficient (Wildman–Crippen LogP) is 3.17. The average molecular weight is 279 g/mol. The van der Waals surface area contributed by atoms with Gasteiger partial charge in [-0.25, -0.2) is 0 Å². The first-order valence-electron chi connectivity index (χ1n) is 7.18. The maximum Gasteiger partial charge on any atom is 0.0991 e. The summed E-state index contributed by atoms with van der Waals surface area (Å²) in [7, 11) is 2.11. The van der Waals surface area contributed by atoms with Crippen molar-refractivity contribution in [2.24, 2.45) is 0 Å². The van der Waals surface area contributed by atoms with Crippen LogP contribution in [0.3, 0.4) is 0 Å². The Morgan fingerprint density at radius 3 is 2.62 bits per heavy atom. The van der Waals surface area contributed by atoms with E-state index in [2.05, 4.69) is 54.5 Å². The molecule has 3 nitrogen and oxygen atoms in total. The van der Waals surface area contributed by atoms with Crippen LogP contribution in [0.25, 0.3) is 0 Å². The summed E-state index contributed by atoms with van der Waals surface area (Å²) in [5.74, 6) is 0. The van der Waals surface area contributed by atoms with Crippen LogP contribution in [-0.4, -0.2) is 19.6 Å². The van der Waals surface area contributed by atoms with Crippen molar-refractivity contribution in [3.05, 3.63) is 65.7 Å². The minimum atomic E-state index is 0.395. The SMILES string of the molecule is CC(CNCc1cccc(C#N)c1)N(C)c1ccccc1. The second-order valence-electron chi connectivity index (χ2n) is 5.24. The van der Waals surface area contributed by atoms with Gasteiger partial charge in [-0.05, 0) is 36.8 Å². The van der Waals surface area contributed by atoms with Crippen LogP contribution >= 0.6 is 0 Å². The normalized spacial score (nSPS) is 11.7. The summed E-state index contributed by atoms with van der Waals surface area (Å²) in [5.41, 5.74) is 3.07. The Kier molecular flexibility index (Phi) is 5.36. The highest BCUT2D eigenvalue weighted by Crippen LogP contribution is 2.13. The molecule has 0 aliphatic rings. The van der Waals surface area contributed by atoms with Gasteiger partial charge in [0.05, 0.1) is 11.6 Å². The fourth-order valence-corrected chi connectivity index (χ4v) is 2.23. The first kappa shape index (κ1) is 15.1. The molecule has 0 saturated heterocycles. The van der Waals surface area contributed by atoms with E-state index in [1.54, 1.807) is 0 Å². The fraction of sp³-hybridized carbons (Fsp3) is 0.278. The van der Waals surface area contributed by atoms with Crippen LogP contribution in [-0.2, 0) is 6.54 Å². The quantitative estimate of drug-likeness (QED) is 0.882. The fourth-order valence-electron chi connectivity index (χ4n) is 2.23. The van der Waals surface area contributed by atoms with Crippen LogP contribution in [0.2, 0.25) is 0 Å². The van der Waals surface area contributed by atoms with E-state index in [1.807, 2.05) is 30.3 Å². The number of para-hydroxylation sites is 1. The highest BCUT2D eigenvalue weighted by molar-refractivity contribution is 5.46. The first-order chi connectivity index (χ1) is 10.2. The summed E-state index contributed by atoms with van der Waals surface area (Å²) in [5, 5.41) is 12.3. The van der Waals surface area contributed by atoms with Crippen LogP contribution in [0.5, 0.6) is 0 Å². The van der Waals surface area contributed by atoms with Gasteiger partial charge in [0, 0.05) is 31.9 Å². The van der Waals surface area contributed by atoms with Gasteiger partial charge in [-0.1, -0.05) is 30.3 Å². The molecular formula is C18H21N3. The lowest BCUT2D eigenvalue weighted by atomic mass is 10.1. The Morgan fingerprint density at radius 2 is 1.90 bits per heavy atom. The summed E-state index contributed by atoms with van der Waals surface area (Å²) in [6.45, 7) is 3.87. The molecule has 0 radical (unpaired) electrons. The zero-order valence-corrected chi connectivity index (χ0v) is 12.6. The van der Waals surface area contributed by atoms with E-state index in [0.717, 1.165) is 18.7 Å². The molecule has 0 saturated carbocycles.